The van der Waals surface area contributed by atoms with Crippen LogP contribution in [0.5, 0.6) is 0 Å². The van der Waals surface area contributed by atoms with E-state index < -0.39 is 40.2 Å². The largest absolute Gasteiger partial charge is 0.357 e. The monoisotopic (exact) mass is 421 g/mol. The Morgan fingerprint density at radius 2 is 1.66 bits per heavy atom. The zero-order valence-electron chi connectivity index (χ0n) is 16.5. The molecule has 1 N–H and O–H groups in total. The van der Waals surface area contributed by atoms with Gasteiger partial charge in [-0.2, -0.15) is 0 Å². The van der Waals surface area contributed by atoms with E-state index >= 15 is 0 Å². The van der Waals surface area contributed by atoms with Gasteiger partial charge in [-0.25, -0.2) is 12.8 Å². The van der Waals surface area contributed by atoms with Crippen LogP contribution in [0.4, 0.5) is 10.1 Å². The predicted octanol–water partition coefficient (Wildman–Crippen LogP) is 1.75. The lowest BCUT2D eigenvalue weighted by Crippen LogP contribution is -2.50. The first-order chi connectivity index (χ1) is 13.6. The molecule has 29 heavy (non-hydrogen) atoms. The molecular formula is C20H24FN3O4S. The summed E-state index contributed by atoms with van der Waals surface area (Å²) < 4.78 is 39.5. The molecule has 0 heterocycles. The maximum atomic E-state index is 14.2. The number of nitrogens with one attached hydrogen (secondary N) is 1. The Hall–Kier alpha value is -2.94. The van der Waals surface area contributed by atoms with Gasteiger partial charge >= 0.3 is 0 Å². The summed E-state index contributed by atoms with van der Waals surface area (Å²) >= 11 is 0. The van der Waals surface area contributed by atoms with Crippen molar-refractivity contribution in [1.29, 1.82) is 0 Å². The molecule has 0 aliphatic carbocycles. The van der Waals surface area contributed by atoms with E-state index in [-0.39, 0.29) is 12.2 Å². The molecule has 156 valence electrons. The van der Waals surface area contributed by atoms with E-state index in [9.17, 15) is 22.4 Å². The van der Waals surface area contributed by atoms with Crippen LogP contribution in [0.25, 0.3) is 0 Å². The molecule has 0 spiro atoms. The van der Waals surface area contributed by atoms with Gasteiger partial charge in [-0.1, -0.05) is 42.5 Å². The van der Waals surface area contributed by atoms with Crippen LogP contribution in [0.2, 0.25) is 0 Å². The summed E-state index contributed by atoms with van der Waals surface area (Å²) in [6, 6.07) is 13.5. The maximum Gasteiger partial charge on any atom is 0.244 e. The number of sulfonamides is 1. The lowest BCUT2D eigenvalue weighted by Gasteiger charge is -2.31. The van der Waals surface area contributed by atoms with Gasteiger partial charge < -0.3 is 10.2 Å². The number of rotatable bonds is 8. The van der Waals surface area contributed by atoms with Crippen molar-refractivity contribution < 1.29 is 22.4 Å². The van der Waals surface area contributed by atoms with Gasteiger partial charge in [0, 0.05) is 13.6 Å². The van der Waals surface area contributed by atoms with Gasteiger partial charge in [0.25, 0.3) is 0 Å². The minimum absolute atomic E-state index is 0.100. The summed E-state index contributed by atoms with van der Waals surface area (Å²) in [5.74, 6) is -1.79. The molecule has 0 aromatic heterocycles. The molecule has 0 aliphatic rings. The smallest absolute Gasteiger partial charge is 0.244 e. The highest BCUT2D eigenvalue weighted by molar-refractivity contribution is 7.92. The van der Waals surface area contributed by atoms with Crippen LogP contribution < -0.4 is 9.62 Å². The Morgan fingerprint density at radius 3 is 2.21 bits per heavy atom. The Labute approximate surface area is 170 Å². The minimum Gasteiger partial charge on any atom is -0.357 e. The van der Waals surface area contributed by atoms with Gasteiger partial charge in [-0.15, -0.1) is 0 Å². The third-order valence-corrected chi connectivity index (χ3v) is 5.54. The topological polar surface area (TPSA) is 86.8 Å². The molecule has 2 rings (SSSR count). The SMILES string of the molecule is CNC(=O)[C@@H](C)N(Cc1ccccc1)C(=O)CN(c1ccccc1F)S(C)(=O)=O. The predicted molar refractivity (Wildman–Crippen MR) is 109 cm³/mol. The van der Waals surface area contributed by atoms with Crippen molar-refractivity contribution in [1.82, 2.24) is 10.2 Å². The standard InChI is InChI=1S/C20H24FN3O4S/c1-15(20(26)22-2)23(13-16-9-5-4-6-10-16)19(25)14-24(29(3,27)28)18-12-8-7-11-17(18)21/h4-12,15H,13-14H2,1-3H3,(H,22,26)/t15-/m1/s1. The zero-order valence-corrected chi connectivity index (χ0v) is 17.3. The number of amides is 2. The average molecular weight is 421 g/mol. The second kappa shape index (κ2) is 9.51. The third-order valence-electron chi connectivity index (χ3n) is 4.41. The van der Waals surface area contributed by atoms with E-state index in [1.807, 2.05) is 6.07 Å². The number of para-hydroxylation sites is 1. The highest BCUT2D eigenvalue weighted by Gasteiger charge is 2.30. The van der Waals surface area contributed by atoms with E-state index in [1.54, 1.807) is 31.2 Å². The number of likely N-dealkylation sites (N-methyl/N-ethyl adjacent to an activating group) is 1. The first-order valence-corrected chi connectivity index (χ1v) is 10.8. The van der Waals surface area contributed by atoms with Gasteiger partial charge in [0.15, 0.2) is 0 Å². The van der Waals surface area contributed by atoms with Crippen LogP contribution in [0, 0.1) is 5.82 Å². The summed E-state index contributed by atoms with van der Waals surface area (Å²) in [6.07, 6.45) is 0.899. The quantitative estimate of drug-likeness (QED) is 0.704. The summed E-state index contributed by atoms with van der Waals surface area (Å²) in [7, 11) is -2.50. The number of hydrogen-bond acceptors (Lipinski definition) is 4. The van der Waals surface area contributed by atoms with Gasteiger partial charge in [0.1, 0.15) is 18.4 Å². The van der Waals surface area contributed by atoms with Crippen molar-refractivity contribution >= 4 is 27.5 Å². The van der Waals surface area contributed by atoms with Gasteiger partial charge in [-0.05, 0) is 24.6 Å². The molecule has 2 amide bonds. The third kappa shape index (κ3) is 5.77. The first-order valence-electron chi connectivity index (χ1n) is 8.92. The molecule has 0 aliphatic heterocycles. The number of halogens is 1. The van der Waals surface area contributed by atoms with Crippen molar-refractivity contribution in [2.75, 3.05) is 24.2 Å². The van der Waals surface area contributed by atoms with Crippen molar-refractivity contribution in [3.05, 3.63) is 66.0 Å². The van der Waals surface area contributed by atoms with Crippen LogP contribution in [-0.2, 0) is 26.2 Å². The van der Waals surface area contributed by atoms with Gasteiger partial charge in [0.2, 0.25) is 21.8 Å². The lowest BCUT2D eigenvalue weighted by atomic mass is 10.1. The molecule has 0 radical (unpaired) electrons. The van der Waals surface area contributed by atoms with Gasteiger partial charge in [0.05, 0.1) is 11.9 Å². The number of benzene rings is 2. The zero-order chi connectivity index (χ0) is 21.6. The molecule has 0 unspecified atom stereocenters. The minimum atomic E-state index is -3.95. The highest BCUT2D eigenvalue weighted by Crippen LogP contribution is 2.22. The summed E-state index contributed by atoms with van der Waals surface area (Å²) in [4.78, 5) is 26.5. The fourth-order valence-electron chi connectivity index (χ4n) is 2.82. The highest BCUT2D eigenvalue weighted by atomic mass is 32.2. The van der Waals surface area contributed by atoms with Crippen molar-refractivity contribution in [3.8, 4) is 0 Å². The lowest BCUT2D eigenvalue weighted by molar-refractivity contribution is -0.139. The molecule has 2 aromatic rings. The number of hydrogen-bond donors (Lipinski definition) is 1. The number of nitrogens with zero attached hydrogens (tertiary/aromatic N) is 2. The van der Waals surface area contributed by atoms with Crippen molar-refractivity contribution in [3.63, 3.8) is 0 Å². The Balaban J connectivity index is 2.37. The van der Waals surface area contributed by atoms with Crippen LogP contribution >= 0.6 is 0 Å². The summed E-state index contributed by atoms with van der Waals surface area (Å²) in [5.41, 5.74) is 0.545. The summed E-state index contributed by atoms with van der Waals surface area (Å²) in [5, 5.41) is 2.49. The van der Waals surface area contributed by atoms with E-state index in [2.05, 4.69) is 5.32 Å². The molecular weight excluding hydrogens is 397 g/mol. The van der Waals surface area contributed by atoms with Crippen LogP contribution in [0.15, 0.2) is 54.6 Å². The molecule has 2 aromatic carbocycles. The Morgan fingerprint density at radius 1 is 1.07 bits per heavy atom. The molecule has 7 nitrogen and oxygen atoms in total. The molecule has 0 saturated heterocycles. The van der Waals surface area contributed by atoms with Gasteiger partial charge in [-0.3, -0.25) is 13.9 Å². The molecule has 1 atom stereocenters. The normalized spacial score (nSPS) is 12.1. The fraction of sp³-hybridized carbons (Fsp3) is 0.300. The van der Waals surface area contributed by atoms with E-state index in [0.717, 1.165) is 17.9 Å². The molecule has 0 fully saturated rings. The number of anilines is 1. The summed E-state index contributed by atoms with van der Waals surface area (Å²) in [6.45, 7) is 1.02. The second-order valence-electron chi connectivity index (χ2n) is 6.52. The first kappa shape index (κ1) is 22.4. The Kier molecular flexibility index (Phi) is 7.33. The second-order valence-corrected chi connectivity index (χ2v) is 8.43. The maximum absolute atomic E-state index is 14.2. The van der Waals surface area contributed by atoms with Crippen LogP contribution in [-0.4, -0.2) is 51.0 Å². The fourth-order valence-corrected chi connectivity index (χ4v) is 3.67. The number of carbonyl (C=O) groups excluding carboxylic acids is 2. The van der Waals surface area contributed by atoms with E-state index in [0.29, 0.717) is 4.31 Å². The molecule has 9 heteroatoms. The molecule has 0 bridgehead atoms. The van der Waals surface area contributed by atoms with Crippen LogP contribution in [0.3, 0.4) is 0 Å². The van der Waals surface area contributed by atoms with E-state index in [1.165, 1.54) is 30.1 Å². The Bertz CT molecular complexity index is 967. The van der Waals surface area contributed by atoms with E-state index in [4.69, 9.17) is 0 Å². The average Bonchev–Trinajstić information content (AvgIpc) is 2.69. The number of carbonyl (C=O) groups is 2. The van der Waals surface area contributed by atoms with Crippen molar-refractivity contribution in [2.45, 2.75) is 19.5 Å². The van der Waals surface area contributed by atoms with Crippen LogP contribution in [0.1, 0.15) is 12.5 Å². The molecule has 0 saturated carbocycles. The van der Waals surface area contributed by atoms with Crippen molar-refractivity contribution in [2.24, 2.45) is 0 Å².